The monoisotopic (exact) mass is 343 g/mol. The Labute approximate surface area is 146 Å². The van der Waals surface area contributed by atoms with Crippen molar-refractivity contribution in [2.45, 2.75) is 31.7 Å². The molecule has 1 aromatic heterocycles. The van der Waals surface area contributed by atoms with Gasteiger partial charge in [-0.15, -0.1) is 0 Å². The zero-order valence-electron chi connectivity index (χ0n) is 14.1. The van der Waals surface area contributed by atoms with Gasteiger partial charge in [0.25, 0.3) is 5.91 Å². The molecule has 0 saturated carbocycles. The minimum absolute atomic E-state index is 0.0562. The van der Waals surface area contributed by atoms with Crippen molar-refractivity contribution in [3.05, 3.63) is 53.5 Å². The van der Waals surface area contributed by atoms with Crippen LogP contribution in [0.25, 0.3) is 0 Å². The molecule has 1 N–H and O–H groups in total. The largest absolute Gasteiger partial charge is 0.497 e. The molecule has 1 saturated heterocycles. The number of carbonyl (C=O) groups excluding carboxylic acids is 1. The lowest BCUT2D eigenvalue weighted by atomic mass is 10.0. The van der Waals surface area contributed by atoms with Gasteiger partial charge in [0.1, 0.15) is 5.75 Å². The van der Waals surface area contributed by atoms with Gasteiger partial charge in [0.2, 0.25) is 5.76 Å². The van der Waals surface area contributed by atoms with Crippen LogP contribution in [0.3, 0.4) is 0 Å². The number of rotatable bonds is 4. The van der Waals surface area contributed by atoms with Gasteiger partial charge in [-0.05, 0) is 42.7 Å². The zero-order chi connectivity index (χ0) is 17.8. The SMILES string of the molecule is COc1ccc(C2CCCCCN2C(=O)c2ccc(C(=O)O)o2)cc1. The van der Waals surface area contributed by atoms with E-state index in [0.717, 1.165) is 37.0 Å². The van der Waals surface area contributed by atoms with E-state index < -0.39 is 5.97 Å². The topological polar surface area (TPSA) is 80.0 Å². The first kappa shape index (κ1) is 17.1. The number of hydrogen-bond acceptors (Lipinski definition) is 4. The highest BCUT2D eigenvalue weighted by atomic mass is 16.5. The van der Waals surface area contributed by atoms with Crippen molar-refractivity contribution in [2.24, 2.45) is 0 Å². The van der Waals surface area contributed by atoms with Crippen LogP contribution in [0.4, 0.5) is 0 Å². The molecule has 1 aliphatic rings. The number of benzene rings is 1. The van der Waals surface area contributed by atoms with Crippen LogP contribution >= 0.6 is 0 Å². The molecule has 6 nitrogen and oxygen atoms in total. The molecule has 0 bridgehead atoms. The molecule has 0 spiro atoms. The Kier molecular flexibility index (Phi) is 5.07. The number of likely N-dealkylation sites (tertiary alicyclic amines) is 1. The van der Waals surface area contributed by atoms with E-state index in [-0.39, 0.29) is 23.5 Å². The van der Waals surface area contributed by atoms with E-state index in [2.05, 4.69) is 0 Å². The Balaban J connectivity index is 1.88. The number of aromatic carboxylic acids is 1. The molecule has 2 heterocycles. The maximum Gasteiger partial charge on any atom is 0.371 e. The molecule has 0 radical (unpaired) electrons. The van der Waals surface area contributed by atoms with Crippen molar-refractivity contribution in [1.82, 2.24) is 4.90 Å². The second-order valence-electron chi connectivity index (χ2n) is 6.11. The summed E-state index contributed by atoms with van der Waals surface area (Å²) in [6.07, 6.45) is 3.89. The van der Waals surface area contributed by atoms with Gasteiger partial charge in [0.15, 0.2) is 5.76 Å². The average Bonchev–Trinajstić information content (AvgIpc) is 3.00. The molecule has 2 aromatic rings. The van der Waals surface area contributed by atoms with Crippen LogP contribution in [0.2, 0.25) is 0 Å². The molecule has 1 fully saturated rings. The van der Waals surface area contributed by atoms with Gasteiger partial charge in [-0.2, -0.15) is 0 Å². The molecule has 1 aromatic carbocycles. The number of ether oxygens (including phenoxy) is 1. The highest BCUT2D eigenvalue weighted by molar-refractivity contribution is 5.93. The normalized spacial score (nSPS) is 17.8. The third kappa shape index (κ3) is 3.68. The minimum Gasteiger partial charge on any atom is -0.497 e. The Morgan fingerprint density at radius 2 is 1.80 bits per heavy atom. The van der Waals surface area contributed by atoms with E-state index in [1.54, 1.807) is 12.0 Å². The van der Waals surface area contributed by atoms with Crippen molar-refractivity contribution >= 4 is 11.9 Å². The van der Waals surface area contributed by atoms with E-state index in [1.807, 2.05) is 24.3 Å². The zero-order valence-corrected chi connectivity index (χ0v) is 14.1. The van der Waals surface area contributed by atoms with Crippen LogP contribution in [-0.4, -0.2) is 35.5 Å². The summed E-state index contributed by atoms with van der Waals surface area (Å²) in [6, 6.07) is 10.4. The number of nitrogens with zero attached hydrogens (tertiary/aromatic N) is 1. The summed E-state index contributed by atoms with van der Waals surface area (Å²) in [6.45, 7) is 0.624. The van der Waals surface area contributed by atoms with Gasteiger partial charge in [0, 0.05) is 6.54 Å². The quantitative estimate of drug-likeness (QED) is 0.914. The number of amides is 1. The lowest BCUT2D eigenvalue weighted by Crippen LogP contribution is -2.34. The first-order chi connectivity index (χ1) is 12.1. The summed E-state index contributed by atoms with van der Waals surface area (Å²) in [5.74, 6) is -0.832. The number of carboxylic acids is 1. The summed E-state index contributed by atoms with van der Waals surface area (Å²) >= 11 is 0. The summed E-state index contributed by atoms with van der Waals surface area (Å²) in [4.78, 5) is 25.7. The molecular formula is C19H21NO5. The lowest BCUT2D eigenvalue weighted by Gasteiger charge is -2.30. The number of hydrogen-bond donors (Lipinski definition) is 1. The predicted octanol–water partition coefficient (Wildman–Crippen LogP) is 3.74. The van der Waals surface area contributed by atoms with E-state index in [1.165, 1.54) is 12.1 Å². The smallest absolute Gasteiger partial charge is 0.371 e. The van der Waals surface area contributed by atoms with Crippen LogP contribution in [-0.2, 0) is 0 Å². The molecule has 132 valence electrons. The fourth-order valence-electron chi connectivity index (χ4n) is 3.23. The minimum atomic E-state index is -1.18. The first-order valence-electron chi connectivity index (χ1n) is 8.38. The van der Waals surface area contributed by atoms with Gasteiger partial charge in [-0.25, -0.2) is 4.79 Å². The van der Waals surface area contributed by atoms with Crippen LogP contribution < -0.4 is 4.74 Å². The van der Waals surface area contributed by atoms with E-state index >= 15 is 0 Å². The molecule has 6 heteroatoms. The molecule has 1 unspecified atom stereocenters. The number of carbonyl (C=O) groups is 2. The molecule has 0 aliphatic carbocycles. The van der Waals surface area contributed by atoms with Gasteiger partial charge in [-0.3, -0.25) is 4.79 Å². The van der Waals surface area contributed by atoms with Crippen LogP contribution in [0.5, 0.6) is 5.75 Å². The number of methoxy groups -OCH3 is 1. The maximum atomic E-state index is 12.9. The van der Waals surface area contributed by atoms with Gasteiger partial charge >= 0.3 is 5.97 Å². The number of carboxylic acid groups (broad SMARTS) is 1. The molecular weight excluding hydrogens is 322 g/mol. The van der Waals surface area contributed by atoms with Crippen molar-refractivity contribution in [3.63, 3.8) is 0 Å². The number of furan rings is 1. The van der Waals surface area contributed by atoms with Gasteiger partial charge < -0.3 is 19.2 Å². The highest BCUT2D eigenvalue weighted by Gasteiger charge is 2.29. The van der Waals surface area contributed by atoms with E-state index in [9.17, 15) is 9.59 Å². The molecule has 3 rings (SSSR count). The Morgan fingerprint density at radius 3 is 2.44 bits per heavy atom. The Morgan fingerprint density at radius 1 is 1.08 bits per heavy atom. The van der Waals surface area contributed by atoms with Crippen molar-refractivity contribution in [1.29, 1.82) is 0 Å². The van der Waals surface area contributed by atoms with E-state index in [0.29, 0.717) is 6.54 Å². The maximum absolute atomic E-state index is 12.9. The Bertz CT molecular complexity index is 749. The summed E-state index contributed by atoms with van der Waals surface area (Å²) < 4.78 is 10.4. The van der Waals surface area contributed by atoms with Crippen molar-refractivity contribution < 1.29 is 23.8 Å². The van der Waals surface area contributed by atoms with Crippen molar-refractivity contribution in [2.75, 3.05) is 13.7 Å². The van der Waals surface area contributed by atoms with Crippen LogP contribution in [0.15, 0.2) is 40.8 Å². The summed E-state index contributed by atoms with van der Waals surface area (Å²) in [5, 5.41) is 8.98. The van der Waals surface area contributed by atoms with E-state index in [4.69, 9.17) is 14.3 Å². The molecule has 1 amide bonds. The standard InChI is InChI=1S/C19H21NO5/c1-24-14-8-6-13(7-9-14)15-5-3-2-4-12-20(15)18(21)16-10-11-17(25-16)19(22)23/h6-11,15H,2-5,12H2,1H3,(H,22,23). The second-order valence-corrected chi connectivity index (χ2v) is 6.11. The van der Waals surface area contributed by atoms with Crippen LogP contribution in [0.1, 0.15) is 58.4 Å². The highest BCUT2D eigenvalue weighted by Crippen LogP contribution is 2.32. The summed E-state index contributed by atoms with van der Waals surface area (Å²) in [5.41, 5.74) is 1.04. The van der Waals surface area contributed by atoms with Crippen molar-refractivity contribution in [3.8, 4) is 5.75 Å². The average molecular weight is 343 g/mol. The third-order valence-electron chi connectivity index (χ3n) is 4.54. The lowest BCUT2D eigenvalue weighted by molar-refractivity contribution is 0.0623. The summed E-state index contributed by atoms with van der Waals surface area (Å²) in [7, 11) is 1.62. The predicted molar refractivity (Wildman–Crippen MR) is 90.9 cm³/mol. The third-order valence-corrected chi connectivity index (χ3v) is 4.54. The second kappa shape index (κ2) is 7.42. The molecule has 25 heavy (non-hydrogen) atoms. The first-order valence-corrected chi connectivity index (χ1v) is 8.38. The fourth-order valence-corrected chi connectivity index (χ4v) is 3.23. The molecule has 1 atom stereocenters. The van der Waals surface area contributed by atoms with Gasteiger partial charge in [-0.1, -0.05) is 25.0 Å². The van der Waals surface area contributed by atoms with Gasteiger partial charge in [0.05, 0.1) is 13.2 Å². The Hall–Kier alpha value is -2.76. The molecule has 1 aliphatic heterocycles. The van der Waals surface area contributed by atoms with Crippen LogP contribution in [0, 0.1) is 0 Å². The fraction of sp³-hybridized carbons (Fsp3) is 0.368.